The van der Waals surface area contributed by atoms with Crippen LogP contribution in [0.4, 0.5) is 0 Å². The molecule has 2 aromatic rings. The molecule has 0 N–H and O–H groups in total. The summed E-state index contributed by atoms with van der Waals surface area (Å²) in [5.41, 5.74) is 0. The first-order valence-corrected chi connectivity index (χ1v) is 13.7. The van der Waals surface area contributed by atoms with E-state index in [4.69, 9.17) is 58.5 Å². The summed E-state index contributed by atoms with van der Waals surface area (Å²) < 4.78 is 52.2. The summed E-state index contributed by atoms with van der Waals surface area (Å²) >= 11 is 18.2. The fourth-order valence-electron chi connectivity index (χ4n) is 2.94. The Hall–Kier alpha value is -2.73. The molecule has 0 unspecified atom stereocenters. The summed E-state index contributed by atoms with van der Waals surface area (Å²) in [5, 5.41) is -0.0126. The van der Waals surface area contributed by atoms with E-state index in [1.807, 2.05) is 0 Å². The maximum atomic E-state index is 13.2. The molecule has 0 heterocycles. The van der Waals surface area contributed by atoms with Gasteiger partial charge in [-0.2, -0.15) is 0 Å². The average molecular weight is 612 g/mol. The van der Waals surface area contributed by atoms with Gasteiger partial charge in [0, 0.05) is 20.8 Å². The number of halogens is 3. The van der Waals surface area contributed by atoms with Crippen LogP contribution in [0.2, 0.25) is 10.0 Å². The van der Waals surface area contributed by atoms with E-state index in [9.17, 15) is 22.8 Å². The Morgan fingerprint density at radius 3 is 1.58 bits per heavy atom. The number of carbonyl (C=O) groups excluding carboxylic acids is 3. The highest BCUT2D eigenvalue weighted by molar-refractivity contribution is 7.91. The minimum absolute atomic E-state index is 0.000726. The average Bonchev–Trinajstić information content (AvgIpc) is 2.83. The first-order chi connectivity index (χ1) is 17.8. The van der Waals surface area contributed by atoms with Crippen molar-refractivity contribution in [2.45, 2.75) is 42.8 Å². The van der Waals surface area contributed by atoms with Gasteiger partial charge in [0.25, 0.3) is 0 Å². The molecule has 0 aliphatic heterocycles. The number of benzene rings is 2. The van der Waals surface area contributed by atoms with E-state index >= 15 is 0 Å². The third-order valence-corrected chi connectivity index (χ3v) is 7.27. The summed E-state index contributed by atoms with van der Waals surface area (Å²) in [6.45, 7) is 3.14. The number of rotatable bonds is 13. The zero-order valence-corrected chi connectivity index (χ0v) is 23.7. The highest BCUT2D eigenvalue weighted by Crippen LogP contribution is 2.33. The van der Waals surface area contributed by atoms with Gasteiger partial charge in [-0.1, -0.05) is 23.2 Å². The molecule has 38 heavy (non-hydrogen) atoms. The van der Waals surface area contributed by atoms with Crippen LogP contribution in [0.25, 0.3) is 0 Å². The van der Waals surface area contributed by atoms with Gasteiger partial charge in [-0.3, -0.25) is 14.4 Å². The minimum atomic E-state index is -4.03. The Morgan fingerprint density at radius 1 is 0.737 bits per heavy atom. The van der Waals surface area contributed by atoms with E-state index in [1.165, 1.54) is 57.2 Å². The predicted molar refractivity (Wildman–Crippen MR) is 138 cm³/mol. The Kier molecular flexibility index (Phi) is 12.0. The van der Waals surface area contributed by atoms with Crippen molar-refractivity contribution in [3.05, 3.63) is 46.4 Å². The molecular formula is C24H25Cl3O10S. The summed E-state index contributed by atoms with van der Waals surface area (Å²) in [7, 11) is -4.03. The van der Waals surface area contributed by atoms with Crippen molar-refractivity contribution in [3.8, 4) is 11.5 Å². The highest BCUT2D eigenvalue weighted by atomic mass is 35.5. The lowest BCUT2D eigenvalue weighted by molar-refractivity contribution is -0.158. The predicted octanol–water partition coefficient (Wildman–Crippen LogP) is 4.25. The van der Waals surface area contributed by atoms with Crippen molar-refractivity contribution >= 4 is 62.5 Å². The lowest BCUT2D eigenvalue weighted by Gasteiger charge is -2.18. The molecule has 0 aliphatic carbocycles. The van der Waals surface area contributed by atoms with Crippen LogP contribution in [0.3, 0.4) is 0 Å². The number of alkyl halides is 1. The highest BCUT2D eigenvalue weighted by Gasteiger charge is 2.22. The smallest absolute Gasteiger partial charge is 0.303 e. The molecule has 0 saturated heterocycles. The van der Waals surface area contributed by atoms with E-state index in [0.29, 0.717) is 0 Å². The van der Waals surface area contributed by atoms with Crippen molar-refractivity contribution in [2.24, 2.45) is 0 Å². The molecule has 0 amide bonds. The van der Waals surface area contributed by atoms with Crippen LogP contribution in [0.1, 0.15) is 20.8 Å². The molecule has 0 aliphatic rings. The monoisotopic (exact) mass is 610 g/mol. The summed E-state index contributed by atoms with van der Waals surface area (Å²) in [6, 6.07) is 7.70. The fourth-order valence-corrected chi connectivity index (χ4v) is 5.00. The number of esters is 3. The first-order valence-electron chi connectivity index (χ1n) is 11.0. The molecule has 2 rings (SSSR count). The second kappa shape index (κ2) is 14.4. The lowest BCUT2D eigenvalue weighted by Crippen LogP contribution is -2.29. The minimum Gasteiger partial charge on any atom is -0.488 e. The number of hydrogen-bond donors (Lipinski definition) is 0. The topological polar surface area (TPSA) is 132 Å². The lowest BCUT2D eigenvalue weighted by atomic mass is 10.3. The van der Waals surface area contributed by atoms with Gasteiger partial charge in [-0.25, -0.2) is 8.42 Å². The van der Waals surface area contributed by atoms with E-state index in [1.54, 1.807) is 0 Å². The van der Waals surface area contributed by atoms with E-state index in [2.05, 4.69) is 0 Å². The number of ether oxygens (including phenoxy) is 5. The van der Waals surface area contributed by atoms with Crippen LogP contribution in [0, 0.1) is 0 Å². The molecule has 208 valence electrons. The molecule has 0 bridgehead atoms. The van der Waals surface area contributed by atoms with Crippen molar-refractivity contribution in [2.75, 3.05) is 25.7 Å². The van der Waals surface area contributed by atoms with Crippen LogP contribution in [0.15, 0.2) is 46.2 Å². The Labute approximate surface area is 234 Å². The van der Waals surface area contributed by atoms with Gasteiger partial charge < -0.3 is 23.7 Å². The number of sulfone groups is 1. The van der Waals surface area contributed by atoms with Crippen LogP contribution in [0.5, 0.6) is 11.5 Å². The Balaban J connectivity index is 2.14. The molecule has 14 heteroatoms. The normalized spacial score (nSPS) is 12.7. The van der Waals surface area contributed by atoms with Crippen LogP contribution in [-0.2, 0) is 38.4 Å². The van der Waals surface area contributed by atoms with Crippen LogP contribution >= 0.6 is 34.8 Å². The van der Waals surface area contributed by atoms with Crippen molar-refractivity contribution in [1.82, 2.24) is 0 Å². The molecular weight excluding hydrogens is 587 g/mol. The molecule has 0 spiro atoms. The molecule has 0 aromatic heterocycles. The molecule has 0 saturated carbocycles. The van der Waals surface area contributed by atoms with Crippen molar-refractivity contribution < 1.29 is 46.5 Å². The van der Waals surface area contributed by atoms with Crippen molar-refractivity contribution in [1.29, 1.82) is 0 Å². The first kappa shape index (κ1) is 31.5. The third kappa shape index (κ3) is 9.54. The second-order valence-corrected chi connectivity index (χ2v) is 10.8. The molecule has 10 nitrogen and oxygen atoms in total. The van der Waals surface area contributed by atoms with E-state index in [0.717, 1.165) is 0 Å². The standard InChI is InChI=1S/C24H25Cl3O10S/c1-14(28)33-12-18(37-16(3)30)13-35-24-7-5-20(9-22(24)27)38(31,32)19-4-6-23(21(26)8-19)34-11-17(10-25)36-15(2)29/h4-9,17-18H,10-13H2,1-3H3/t17-,18+/m1/s1. The van der Waals surface area contributed by atoms with Crippen LogP contribution in [-0.4, -0.2) is 64.2 Å². The van der Waals surface area contributed by atoms with Crippen molar-refractivity contribution in [3.63, 3.8) is 0 Å². The van der Waals surface area contributed by atoms with E-state index in [-0.39, 0.29) is 57.0 Å². The Morgan fingerprint density at radius 2 is 1.18 bits per heavy atom. The maximum Gasteiger partial charge on any atom is 0.303 e. The molecule has 2 aromatic carbocycles. The van der Waals surface area contributed by atoms with Gasteiger partial charge >= 0.3 is 17.9 Å². The van der Waals surface area contributed by atoms with Gasteiger partial charge in [0.1, 0.15) is 37.4 Å². The summed E-state index contributed by atoms with van der Waals surface area (Å²) in [5.74, 6) is -1.39. The number of hydrogen-bond acceptors (Lipinski definition) is 10. The molecule has 2 atom stereocenters. The molecule has 0 fully saturated rings. The summed E-state index contributed by atoms with van der Waals surface area (Å²) in [4.78, 5) is 33.2. The zero-order valence-electron chi connectivity index (χ0n) is 20.6. The van der Waals surface area contributed by atoms with E-state index < -0.39 is 40.0 Å². The van der Waals surface area contributed by atoms with Gasteiger partial charge in [0.05, 0.1) is 25.7 Å². The van der Waals surface area contributed by atoms with Gasteiger partial charge in [0.15, 0.2) is 6.10 Å². The van der Waals surface area contributed by atoms with Gasteiger partial charge in [0.2, 0.25) is 9.84 Å². The Bertz CT molecular complexity index is 1270. The second-order valence-electron chi connectivity index (χ2n) is 7.73. The number of carbonyl (C=O) groups is 3. The van der Waals surface area contributed by atoms with Gasteiger partial charge in [-0.05, 0) is 36.4 Å². The zero-order chi connectivity index (χ0) is 28.5. The summed E-state index contributed by atoms with van der Waals surface area (Å²) in [6.07, 6.45) is -1.60. The molecule has 0 radical (unpaired) electrons. The van der Waals surface area contributed by atoms with Crippen LogP contribution < -0.4 is 9.47 Å². The fraction of sp³-hybridized carbons (Fsp3) is 0.375. The SMILES string of the molecule is CC(=O)OC[C@@H](COc1ccc(S(=O)(=O)c2ccc(OC[C@@H](CCl)OC(C)=O)c(Cl)c2)cc1Cl)OC(C)=O. The third-order valence-electron chi connectivity index (χ3n) is 4.59. The maximum absolute atomic E-state index is 13.2. The largest absolute Gasteiger partial charge is 0.488 e. The van der Waals surface area contributed by atoms with Gasteiger partial charge in [-0.15, -0.1) is 11.6 Å². The quantitative estimate of drug-likeness (QED) is 0.184.